The van der Waals surface area contributed by atoms with E-state index in [0.29, 0.717) is 41.6 Å². The predicted molar refractivity (Wildman–Crippen MR) is 153 cm³/mol. The van der Waals surface area contributed by atoms with Gasteiger partial charge in [0.1, 0.15) is 11.4 Å². The second kappa shape index (κ2) is 11.3. The fourth-order valence-electron chi connectivity index (χ4n) is 4.56. The van der Waals surface area contributed by atoms with Crippen LogP contribution in [-0.2, 0) is 14.9 Å². The zero-order valence-corrected chi connectivity index (χ0v) is 23.8. The summed E-state index contributed by atoms with van der Waals surface area (Å²) in [6.45, 7) is 6.34. The molecule has 6 nitrogen and oxygen atoms in total. The van der Waals surface area contributed by atoms with Gasteiger partial charge in [0, 0.05) is 40.1 Å². The van der Waals surface area contributed by atoms with Crippen LogP contribution < -0.4 is 10.6 Å². The average Bonchev–Trinajstić information content (AvgIpc) is 3.27. The smallest absolute Gasteiger partial charge is 0.410 e. The molecule has 2 amide bonds. The standard InChI is InChI=1S/C29H30BrClFN3O3/c1-28(2,3)38-27(37)35-15-14-29(18-35,19-4-6-20(30)7-5-19)17-26(36)34-24-13-8-21(31)16-25(24)33-23-11-9-22(32)10-12-23/h4-13,16,33H,14-15,17-18H2,1-3H3,(H,34,36). The van der Waals surface area contributed by atoms with Gasteiger partial charge in [-0.25, -0.2) is 9.18 Å². The summed E-state index contributed by atoms with van der Waals surface area (Å²) < 4.78 is 19.9. The number of nitrogens with one attached hydrogen (secondary N) is 2. The van der Waals surface area contributed by atoms with Crippen molar-refractivity contribution in [1.82, 2.24) is 4.90 Å². The van der Waals surface area contributed by atoms with Crippen molar-refractivity contribution in [2.75, 3.05) is 23.7 Å². The SMILES string of the molecule is CC(C)(C)OC(=O)N1CCC(CC(=O)Nc2ccc(Cl)cc2Nc2ccc(F)cc2)(c2ccc(Br)cc2)C1. The first-order valence-corrected chi connectivity index (χ1v) is 13.5. The van der Waals surface area contributed by atoms with Crippen LogP contribution in [0.3, 0.4) is 0 Å². The largest absolute Gasteiger partial charge is 0.444 e. The number of anilines is 3. The Hall–Kier alpha value is -3.10. The molecule has 9 heteroatoms. The highest BCUT2D eigenvalue weighted by Crippen LogP contribution is 2.40. The molecular weight excluding hydrogens is 573 g/mol. The Balaban J connectivity index is 1.56. The number of halogens is 3. The Bertz CT molecular complexity index is 1310. The van der Waals surface area contributed by atoms with Crippen LogP contribution >= 0.6 is 27.5 Å². The van der Waals surface area contributed by atoms with Gasteiger partial charge < -0.3 is 20.3 Å². The lowest BCUT2D eigenvalue weighted by molar-refractivity contribution is -0.117. The van der Waals surface area contributed by atoms with Crippen molar-refractivity contribution in [3.63, 3.8) is 0 Å². The van der Waals surface area contributed by atoms with Crippen molar-refractivity contribution in [2.45, 2.75) is 44.6 Å². The summed E-state index contributed by atoms with van der Waals surface area (Å²) in [5.41, 5.74) is 1.55. The Kier molecular flexibility index (Phi) is 8.33. The fraction of sp³-hybridized carbons (Fsp3) is 0.310. The van der Waals surface area contributed by atoms with Crippen molar-refractivity contribution >= 4 is 56.6 Å². The monoisotopic (exact) mass is 601 g/mol. The molecule has 38 heavy (non-hydrogen) atoms. The maximum Gasteiger partial charge on any atom is 0.410 e. The van der Waals surface area contributed by atoms with Crippen molar-refractivity contribution < 1.29 is 18.7 Å². The molecule has 4 rings (SSSR count). The number of rotatable bonds is 6. The second-order valence-electron chi connectivity index (χ2n) is 10.5. The average molecular weight is 603 g/mol. The van der Waals surface area contributed by atoms with E-state index in [9.17, 15) is 14.0 Å². The first kappa shape index (κ1) is 27.9. The summed E-state index contributed by atoms with van der Waals surface area (Å²) in [5.74, 6) is -0.547. The van der Waals surface area contributed by atoms with Crippen LogP contribution in [-0.4, -0.2) is 35.6 Å². The number of benzene rings is 3. The number of carbonyl (C=O) groups excluding carboxylic acids is 2. The van der Waals surface area contributed by atoms with Crippen molar-refractivity contribution in [2.24, 2.45) is 0 Å². The molecule has 1 aliphatic rings. The van der Waals surface area contributed by atoms with Gasteiger partial charge in [-0.3, -0.25) is 4.79 Å². The number of carbonyl (C=O) groups is 2. The molecule has 1 fully saturated rings. The summed E-state index contributed by atoms with van der Waals surface area (Å²) in [6.07, 6.45) is 0.384. The molecule has 0 aliphatic carbocycles. The minimum Gasteiger partial charge on any atom is -0.444 e. The molecule has 2 N–H and O–H groups in total. The molecule has 1 unspecified atom stereocenters. The quantitative estimate of drug-likeness (QED) is 0.301. The number of likely N-dealkylation sites (tertiary alicyclic amines) is 1. The van der Waals surface area contributed by atoms with Gasteiger partial charge in [-0.05, 0) is 87.4 Å². The molecule has 3 aromatic rings. The normalized spacial score (nSPS) is 17.3. The van der Waals surface area contributed by atoms with E-state index in [1.54, 1.807) is 35.2 Å². The zero-order valence-electron chi connectivity index (χ0n) is 21.5. The number of amides is 2. The third-order valence-electron chi connectivity index (χ3n) is 6.34. The van der Waals surface area contributed by atoms with E-state index in [4.69, 9.17) is 16.3 Å². The molecule has 0 saturated carbocycles. The van der Waals surface area contributed by atoms with Crippen LogP contribution in [0.1, 0.15) is 39.2 Å². The Morgan fingerprint density at radius 3 is 2.39 bits per heavy atom. The van der Waals surface area contributed by atoms with Crippen molar-refractivity contribution in [3.8, 4) is 0 Å². The van der Waals surface area contributed by atoms with E-state index in [0.717, 1.165) is 10.0 Å². The topological polar surface area (TPSA) is 70.7 Å². The highest BCUT2D eigenvalue weighted by molar-refractivity contribution is 9.10. The van der Waals surface area contributed by atoms with E-state index in [-0.39, 0.29) is 24.2 Å². The third kappa shape index (κ3) is 7.05. The van der Waals surface area contributed by atoms with Gasteiger partial charge in [-0.2, -0.15) is 0 Å². The molecule has 3 aromatic carbocycles. The maximum absolute atomic E-state index is 13.5. The first-order chi connectivity index (χ1) is 17.9. The summed E-state index contributed by atoms with van der Waals surface area (Å²) in [5, 5.41) is 6.69. The maximum atomic E-state index is 13.5. The Labute approximate surface area is 235 Å². The lowest BCUT2D eigenvalue weighted by atomic mass is 9.76. The fourth-order valence-corrected chi connectivity index (χ4v) is 5.00. The van der Waals surface area contributed by atoms with Crippen molar-refractivity contribution in [3.05, 3.63) is 87.6 Å². The highest BCUT2D eigenvalue weighted by Gasteiger charge is 2.44. The number of ether oxygens (including phenoxy) is 1. The Morgan fingerprint density at radius 1 is 1.05 bits per heavy atom. The van der Waals surface area contributed by atoms with Gasteiger partial charge in [0.25, 0.3) is 0 Å². The summed E-state index contributed by atoms with van der Waals surface area (Å²) >= 11 is 9.70. The molecule has 0 spiro atoms. The predicted octanol–water partition coefficient (Wildman–Crippen LogP) is 7.89. The molecule has 0 aromatic heterocycles. The molecule has 1 aliphatic heterocycles. The molecule has 0 radical (unpaired) electrons. The van der Waals surface area contributed by atoms with Crippen LogP contribution in [0.2, 0.25) is 5.02 Å². The summed E-state index contributed by atoms with van der Waals surface area (Å²) in [6, 6.07) is 18.9. The minimum atomic E-state index is -0.611. The van der Waals surface area contributed by atoms with Crippen LogP contribution in [0.5, 0.6) is 0 Å². The lowest BCUT2D eigenvalue weighted by Gasteiger charge is -2.30. The number of hydrogen-bond donors (Lipinski definition) is 2. The molecular formula is C29H30BrClFN3O3. The molecule has 200 valence electrons. The number of hydrogen-bond acceptors (Lipinski definition) is 4. The van der Waals surface area contributed by atoms with Crippen molar-refractivity contribution in [1.29, 1.82) is 0 Å². The van der Waals surface area contributed by atoms with E-state index in [2.05, 4.69) is 26.6 Å². The molecule has 1 atom stereocenters. The zero-order chi connectivity index (χ0) is 27.5. The number of nitrogens with zero attached hydrogens (tertiary/aromatic N) is 1. The van der Waals surface area contributed by atoms with E-state index >= 15 is 0 Å². The second-order valence-corrected chi connectivity index (χ2v) is 11.8. The van der Waals surface area contributed by atoms with Crippen LogP contribution in [0.4, 0.5) is 26.2 Å². The van der Waals surface area contributed by atoms with Gasteiger partial charge in [0.2, 0.25) is 5.91 Å². The third-order valence-corrected chi connectivity index (χ3v) is 7.10. The van der Waals surface area contributed by atoms with Crippen LogP contribution in [0.25, 0.3) is 0 Å². The van der Waals surface area contributed by atoms with Gasteiger partial charge in [-0.15, -0.1) is 0 Å². The van der Waals surface area contributed by atoms with Gasteiger partial charge in [0.05, 0.1) is 11.4 Å². The highest BCUT2D eigenvalue weighted by atomic mass is 79.9. The summed E-state index contributed by atoms with van der Waals surface area (Å²) in [7, 11) is 0. The van der Waals surface area contributed by atoms with Crippen LogP contribution in [0, 0.1) is 5.82 Å². The molecule has 1 heterocycles. The van der Waals surface area contributed by atoms with Gasteiger partial charge in [0.15, 0.2) is 0 Å². The van der Waals surface area contributed by atoms with E-state index in [1.165, 1.54) is 12.1 Å². The minimum absolute atomic E-state index is 0.159. The first-order valence-electron chi connectivity index (χ1n) is 12.3. The lowest BCUT2D eigenvalue weighted by Crippen LogP contribution is -2.39. The van der Waals surface area contributed by atoms with Gasteiger partial charge in [-0.1, -0.05) is 39.7 Å². The Morgan fingerprint density at radius 2 is 1.74 bits per heavy atom. The van der Waals surface area contributed by atoms with E-state index in [1.807, 2.05) is 45.0 Å². The van der Waals surface area contributed by atoms with Crippen LogP contribution in [0.15, 0.2) is 71.2 Å². The molecule has 0 bridgehead atoms. The van der Waals surface area contributed by atoms with Gasteiger partial charge >= 0.3 is 6.09 Å². The van der Waals surface area contributed by atoms with E-state index < -0.39 is 11.0 Å². The summed E-state index contributed by atoms with van der Waals surface area (Å²) in [4.78, 5) is 28.0. The molecule has 1 saturated heterocycles.